The molecule has 178 valence electrons. The first kappa shape index (κ1) is 25.5. The molecule has 1 N–H and O–H groups in total. The molecule has 3 rings (SSSR count). The highest BCUT2D eigenvalue weighted by Gasteiger charge is 2.35. The van der Waals surface area contributed by atoms with Crippen LogP contribution in [0.1, 0.15) is 19.4 Å². The molecule has 1 heterocycles. The normalized spacial score (nSPS) is 14.8. The molecule has 2 aromatic rings. The van der Waals surface area contributed by atoms with Crippen molar-refractivity contribution in [3.63, 3.8) is 0 Å². The van der Waals surface area contributed by atoms with E-state index >= 15 is 0 Å². The quantitative estimate of drug-likeness (QED) is 0.240. The van der Waals surface area contributed by atoms with Gasteiger partial charge in [-0.15, -0.1) is 0 Å². The van der Waals surface area contributed by atoms with E-state index < -0.39 is 17.8 Å². The maximum Gasteiger partial charge on any atom is 0.344 e. The molecule has 34 heavy (non-hydrogen) atoms. The number of ether oxygens (including phenoxy) is 3. The number of halogens is 2. The number of anilines is 1. The van der Waals surface area contributed by atoms with Crippen LogP contribution in [-0.4, -0.2) is 42.7 Å². The number of hydrogen-bond donors (Lipinski definition) is 1. The minimum atomic E-state index is -0.668. The maximum atomic E-state index is 13.2. The molecule has 1 aliphatic heterocycles. The van der Waals surface area contributed by atoms with Crippen molar-refractivity contribution in [2.75, 3.05) is 24.7 Å². The zero-order valence-electron chi connectivity index (χ0n) is 18.2. The molecule has 1 aliphatic rings. The predicted molar refractivity (Wildman–Crippen MR) is 132 cm³/mol. The third kappa shape index (κ3) is 5.67. The lowest BCUT2D eigenvalue weighted by Crippen LogP contribution is -2.54. The van der Waals surface area contributed by atoms with Gasteiger partial charge in [0.1, 0.15) is 5.57 Å². The van der Waals surface area contributed by atoms with Crippen molar-refractivity contribution in [2.45, 2.75) is 13.8 Å². The predicted octanol–water partition coefficient (Wildman–Crippen LogP) is 4.17. The van der Waals surface area contributed by atoms with Gasteiger partial charge >= 0.3 is 5.97 Å². The van der Waals surface area contributed by atoms with Gasteiger partial charge in [0.25, 0.3) is 11.8 Å². The van der Waals surface area contributed by atoms with E-state index in [0.717, 1.165) is 4.90 Å². The third-order valence-electron chi connectivity index (χ3n) is 4.50. The van der Waals surface area contributed by atoms with Crippen LogP contribution in [0.3, 0.4) is 0 Å². The molecule has 2 aromatic carbocycles. The summed E-state index contributed by atoms with van der Waals surface area (Å²) in [6.45, 7) is 3.76. The van der Waals surface area contributed by atoms with Gasteiger partial charge in [-0.2, -0.15) is 0 Å². The Bertz CT molecular complexity index is 1180. The summed E-state index contributed by atoms with van der Waals surface area (Å²) in [6, 6.07) is 9.51. The van der Waals surface area contributed by atoms with Gasteiger partial charge in [0.2, 0.25) is 0 Å². The minimum absolute atomic E-state index is 0.117. The topological polar surface area (TPSA) is 94.2 Å². The molecule has 1 saturated heterocycles. The van der Waals surface area contributed by atoms with Gasteiger partial charge in [-0.05, 0) is 62.0 Å². The van der Waals surface area contributed by atoms with Crippen molar-refractivity contribution in [3.8, 4) is 11.5 Å². The average molecular weight is 523 g/mol. The smallest absolute Gasteiger partial charge is 0.344 e. The van der Waals surface area contributed by atoms with Crippen LogP contribution in [-0.2, 0) is 19.1 Å². The number of benzene rings is 2. The van der Waals surface area contributed by atoms with Crippen LogP contribution in [0.25, 0.3) is 6.08 Å². The van der Waals surface area contributed by atoms with Gasteiger partial charge in [-0.1, -0.05) is 35.3 Å². The van der Waals surface area contributed by atoms with Gasteiger partial charge in [0, 0.05) is 0 Å². The standard InChI is InChI=1S/C23H20Cl2N2O6S/c1-3-31-18-11-13(8-9-17(18)33-12-19(28)32-4-2)10-14-21(29)26-23(34)27(22(14)30)16-7-5-6-15(24)20(16)25/h5-11H,3-4,12H2,1-2H3,(H,26,29,34). The first-order valence-electron chi connectivity index (χ1n) is 10.2. The summed E-state index contributed by atoms with van der Waals surface area (Å²) < 4.78 is 15.9. The van der Waals surface area contributed by atoms with Crippen LogP contribution in [0.15, 0.2) is 42.0 Å². The van der Waals surface area contributed by atoms with Gasteiger partial charge in [0.05, 0.1) is 28.9 Å². The SMILES string of the molecule is CCOC(=O)COc1ccc(C=C2C(=O)NC(=S)N(c3cccc(Cl)c3Cl)C2=O)cc1OCC. The van der Waals surface area contributed by atoms with E-state index in [0.29, 0.717) is 23.7 Å². The van der Waals surface area contributed by atoms with E-state index in [4.69, 9.17) is 49.6 Å². The van der Waals surface area contributed by atoms with Crippen molar-refractivity contribution in [3.05, 3.63) is 57.6 Å². The molecule has 0 bridgehead atoms. The van der Waals surface area contributed by atoms with Crippen LogP contribution < -0.4 is 19.7 Å². The Balaban J connectivity index is 1.93. The molecule has 0 aromatic heterocycles. The number of hydrogen-bond acceptors (Lipinski definition) is 7. The van der Waals surface area contributed by atoms with Crippen molar-refractivity contribution >= 4 is 70.1 Å². The van der Waals surface area contributed by atoms with Gasteiger partial charge in [-0.3, -0.25) is 19.8 Å². The van der Waals surface area contributed by atoms with Crippen LogP contribution in [0, 0.1) is 0 Å². The lowest BCUT2D eigenvalue weighted by molar-refractivity contribution is -0.145. The molecule has 11 heteroatoms. The van der Waals surface area contributed by atoms with E-state index in [1.165, 1.54) is 6.08 Å². The van der Waals surface area contributed by atoms with Crippen molar-refractivity contribution in [1.82, 2.24) is 5.32 Å². The molecule has 1 fully saturated rings. The third-order valence-corrected chi connectivity index (χ3v) is 5.60. The Morgan fingerprint density at radius 1 is 1.09 bits per heavy atom. The monoisotopic (exact) mass is 522 g/mol. The van der Waals surface area contributed by atoms with E-state index in [1.807, 2.05) is 0 Å². The van der Waals surface area contributed by atoms with Crippen LogP contribution in [0.4, 0.5) is 5.69 Å². The molecule has 0 atom stereocenters. The fourth-order valence-corrected chi connectivity index (χ4v) is 3.70. The first-order valence-corrected chi connectivity index (χ1v) is 11.3. The van der Waals surface area contributed by atoms with Crippen LogP contribution >= 0.6 is 35.4 Å². The molecular formula is C23H20Cl2N2O6S. The van der Waals surface area contributed by atoms with Gasteiger partial charge in [-0.25, -0.2) is 4.79 Å². The molecule has 0 aliphatic carbocycles. The highest BCUT2D eigenvalue weighted by Crippen LogP contribution is 2.35. The van der Waals surface area contributed by atoms with Gasteiger partial charge < -0.3 is 14.2 Å². The Morgan fingerprint density at radius 2 is 1.85 bits per heavy atom. The second-order valence-corrected chi connectivity index (χ2v) is 7.94. The summed E-state index contributed by atoms with van der Waals surface area (Å²) in [6.07, 6.45) is 1.39. The van der Waals surface area contributed by atoms with E-state index in [1.54, 1.807) is 50.2 Å². The Kier molecular flexibility index (Phi) is 8.49. The highest BCUT2D eigenvalue weighted by atomic mass is 35.5. The average Bonchev–Trinajstić information content (AvgIpc) is 2.79. The second-order valence-electron chi connectivity index (χ2n) is 6.76. The molecule has 0 unspecified atom stereocenters. The summed E-state index contributed by atoms with van der Waals surface area (Å²) >= 11 is 17.5. The number of carbonyl (C=O) groups is 3. The number of nitrogens with one attached hydrogen (secondary N) is 1. The fourth-order valence-electron chi connectivity index (χ4n) is 3.05. The molecule has 8 nitrogen and oxygen atoms in total. The highest BCUT2D eigenvalue weighted by molar-refractivity contribution is 7.80. The van der Waals surface area contributed by atoms with Crippen LogP contribution in [0.2, 0.25) is 10.0 Å². The Labute approximate surface area is 211 Å². The number of nitrogens with zero attached hydrogens (tertiary/aromatic N) is 1. The lowest BCUT2D eigenvalue weighted by Gasteiger charge is -2.29. The maximum absolute atomic E-state index is 13.2. The Hall–Kier alpha value is -3.14. The first-order chi connectivity index (χ1) is 16.3. The number of thiocarbonyl (C=S) groups is 1. The number of rotatable bonds is 8. The number of amides is 2. The van der Waals surface area contributed by atoms with Crippen molar-refractivity contribution in [2.24, 2.45) is 0 Å². The van der Waals surface area contributed by atoms with Crippen molar-refractivity contribution < 1.29 is 28.6 Å². The van der Waals surface area contributed by atoms with Crippen molar-refractivity contribution in [1.29, 1.82) is 0 Å². The fraction of sp³-hybridized carbons (Fsp3) is 0.217. The second kappa shape index (κ2) is 11.3. The summed E-state index contributed by atoms with van der Waals surface area (Å²) in [7, 11) is 0. The summed E-state index contributed by atoms with van der Waals surface area (Å²) in [5, 5.41) is 2.73. The zero-order chi connectivity index (χ0) is 24.8. The molecule has 0 spiro atoms. The minimum Gasteiger partial charge on any atom is -0.490 e. The van der Waals surface area contributed by atoms with Crippen LogP contribution in [0.5, 0.6) is 11.5 Å². The molecular weight excluding hydrogens is 503 g/mol. The summed E-state index contributed by atoms with van der Waals surface area (Å²) in [5.41, 5.74) is 0.551. The summed E-state index contributed by atoms with van der Waals surface area (Å²) in [5.74, 6) is -1.21. The summed E-state index contributed by atoms with van der Waals surface area (Å²) in [4.78, 5) is 38.5. The molecule has 0 saturated carbocycles. The van der Waals surface area contributed by atoms with Gasteiger partial charge in [0.15, 0.2) is 23.2 Å². The Morgan fingerprint density at radius 3 is 2.56 bits per heavy atom. The largest absolute Gasteiger partial charge is 0.490 e. The van der Waals surface area contributed by atoms with E-state index in [-0.39, 0.29) is 39.6 Å². The lowest BCUT2D eigenvalue weighted by atomic mass is 10.1. The number of carbonyl (C=O) groups excluding carboxylic acids is 3. The molecule has 2 amide bonds. The zero-order valence-corrected chi connectivity index (χ0v) is 20.6. The van der Waals surface area contributed by atoms with E-state index in [9.17, 15) is 14.4 Å². The van der Waals surface area contributed by atoms with E-state index in [2.05, 4.69) is 5.32 Å². The molecule has 0 radical (unpaired) electrons. The number of esters is 1.